The van der Waals surface area contributed by atoms with Crippen molar-refractivity contribution in [1.82, 2.24) is 19.5 Å². The summed E-state index contributed by atoms with van der Waals surface area (Å²) in [6, 6.07) is 1.93. The number of nitrogens with one attached hydrogen (secondary N) is 1. The van der Waals surface area contributed by atoms with E-state index in [-0.39, 0.29) is 5.76 Å². The van der Waals surface area contributed by atoms with Crippen LogP contribution in [-0.2, 0) is 0 Å². The van der Waals surface area contributed by atoms with Gasteiger partial charge in [0.1, 0.15) is 11.6 Å². The van der Waals surface area contributed by atoms with Crippen LogP contribution in [0.2, 0.25) is 0 Å². The zero-order valence-corrected chi connectivity index (χ0v) is 18.8. The van der Waals surface area contributed by atoms with Crippen molar-refractivity contribution in [2.45, 2.75) is 33.1 Å². The highest BCUT2D eigenvalue weighted by molar-refractivity contribution is 9.10. The highest BCUT2D eigenvalue weighted by Gasteiger charge is 2.20. The molecule has 0 aliphatic carbocycles. The molecule has 0 saturated carbocycles. The highest BCUT2D eigenvalue weighted by atomic mass is 79.9. The number of rotatable bonds is 8. The van der Waals surface area contributed by atoms with Crippen molar-refractivity contribution < 1.29 is 5.11 Å². The lowest BCUT2D eigenvalue weighted by Crippen LogP contribution is -2.37. The number of halogens is 1. The molecule has 1 aliphatic heterocycles. The number of fused-ring (bicyclic) bond motifs is 1. The number of aliphatic hydroxyl groups excluding tert-OH is 1. The number of aliphatic hydroxyl groups is 1. The minimum absolute atomic E-state index is 0.158. The largest absolute Gasteiger partial charge is 0.507 e. The van der Waals surface area contributed by atoms with Crippen molar-refractivity contribution >= 4 is 33.0 Å². The number of hydrogen-bond acceptors (Lipinski definition) is 5. The Kier molecular flexibility index (Phi) is 7.50. The van der Waals surface area contributed by atoms with Crippen LogP contribution in [-0.4, -0.2) is 50.8 Å². The van der Waals surface area contributed by atoms with Gasteiger partial charge in [-0.15, -0.1) is 0 Å². The van der Waals surface area contributed by atoms with Gasteiger partial charge in [-0.05, 0) is 60.3 Å². The van der Waals surface area contributed by atoms with Crippen LogP contribution in [0.5, 0.6) is 0 Å². The smallest absolute Gasteiger partial charge is 0.172 e. The van der Waals surface area contributed by atoms with Crippen LogP contribution in [0.25, 0.3) is 11.2 Å². The summed E-state index contributed by atoms with van der Waals surface area (Å²) in [4.78, 5) is 7.20. The Bertz CT molecular complexity index is 917. The third-order valence-corrected chi connectivity index (χ3v) is 5.88. The average molecular weight is 460 g/mol. The van der Waals surface area contributed by atoms with Crippen LogP contribution < -0.4 is 5.32 Å². The van der Waals surface area contributed by atoms with Gasteiger partial charge in [0.25, 0.3) is 0 Å². The van der Waals surface area contributed by atoms with Gasteiger partial charge in [-0.2, -0.15) is 9.61 Å². The minimum Gasteiger partial charge on any atom is -0.507 e. The molecule has 1 saturated heterocycles. The number of anilines is 1. The molecule has 3 heterocycles. The van der Waals surface area contributed by atoms with Crippen molar-refractivity contribution in [3.05, 3.63) is 53.0 Å². The fourth-order valence-electron chi connectivity index (χ4n) is 3.71. The summed E-state index contributed by atoms with van der Waals surface area (Å²) < 4.78 is 2.61. The Labute approximate surface area is 181 Å². The fourth-order valence-corrected chi connectivity index (χ4v) is 4.06. The zero-order chi connectivity index (χ0) is 20.8. The van der Waals surface area contributed by atoms with E-state index in [1.165, 1.54) is 19.4 Å². The first-order valence-corrected chi connectivity index (χ1v) is 11.1. The Morgan fingerprint density at radius 1 is 1.45 bits per heavy atom. The molecule has 29 heavy (non-hydrogen) atoms. The lowest BCUT2D eigenvalue weighted by atomic mass is 9.98. The molecule has 2 aromatic heterocycles. The summed E-state index contributed by atoms with van der Waals surface area (Å²) >= 11 is 3.53. The van der Waals surface area contributed by atoms with Crippen LogP contribution in [0.3, 0.4) is 0 Å². The van der Waals surface area contributed by atoms with Crippen LogP contribution >= 0.6 is 15.9 Å². The van der Waals surface area contributed by atoms with Gasteiger partial charge in [0.15, 0.2) is 5.65 Å². The summed E-state index contributed by atoms with van der Waals surface area (Å²) in [5, 5.41) is 18.5. The van der Waals surface area contributed by atoms with E-state index < -0.39 is 0 Å². The number of allylic oxidation sites excluding steroid dienone is 4. The van der Waals surface area contributed by atoms with Crippen LogP contribution in [0.1, 0.15) is 38.8 Å². The number of nitrogens with zero attached hydrogens (tertiary/aromatic N) is 4. The van der Waals surface area contributed by atoms with Crippen molar-refractivity contribution in [3.8, 4) is 0 Å². The van der Waals surface area contributed by atoms with Gasteiger partial charge in [0.2, 0.25) is 0 Å². The van der Waals surface area contributed by atoms with E-state index >= 15 is 0 Å². The maximum absolute atomic E-state index is 10.5. The molecule has 1 unspecified atom stereocenters. The lowest BCUT2D eigenvalue weighted by molar-refractivity contribution is 0.189. The monoisotopic (exact) mass is 459 g/mol. The second kappa shape index (κ2) is 10.1. The first-order valence-electron chi connectivity index (χ1n) is 10.3. The van der Waals surface area contributed by atoms with Crippen LogP contribution in [0.15, 0.2) is 47.3 Å². The quantitative estimate of drug-likeness (QED) is 0.426. The zero-order valence-electron chi connectivity index (χ0n) is 17.2. The maximum atomic E-state index is 10.5. The van der Waals surface area contributed by atoms with Gasteiger partial charge < -0.3 is 15.3 Å². The molecule has 0 bridgehead atoms. The molecule has 1 aliphatic rings. The molecular formula is C22H30BrN5O. The van der Waals surface area contributed by atoms with E-state index in [9.17, 15) is 5.11 Å². The topological polar surface area (TPSA) is 65.7 Å². The summed E-state index contributed by atoms with van der Waals surface area (Å²) in [7, 11) is 0. The second-order valence-electron chi connectivity index (χ2n) is 7.35. The first kappa shape index (κ1) is 21.6. The minimum atomic E-state index is 0.158. The lowest BCUT2D eigenvalue weighted by Gasteiger charge is -2.32. The van der Waals surface area contributed by atoms with Crippen molar-refractivity contribution in [3.63, 3.8) is 0 Å². The van der Waals surface area contributed by atoms with Crippen LogP contribution in [0.4, 0.5) is 5.82 Å². The standard InChI is InChI=1S/C22H30BrN5O/c1-4-7-10-20(29)17(5-2)19-12-21(28-22(26-19)18(23)14-25-28)24-13-16-9-8-11-27(6-3)15-16/h5,7,10,12,14,16,24,29H,2,4,6,8-9,11,13,15H2,1,3H3/b10-7-,20-17-. The van der Waals surface area contributed by atoms with Gasteiger partial charge in [-0.25, -0.2) is 4.98 Å². The molecule has 2 aromatic rings. The number of hydrogen-bond donors (Lipinski definition) is 2. The molecule has 6 nitrogen and oxygen atoms in total. The van der Waals surface area contributed by atoms with E-state index in [1.54, 1.807) is 22.9 Å². The van der Waals surface area contributed by atoms with Crippen molar-refractivity contribution in [2.24, 2.45) is 5.92 Å². The van der Waals surface area contributed by atoms with E-state index in [0.717, 1.165) is 36.3 Å². The Hall–Kier alpha value is -2.12. The van der Waals surface area contributed by atoms with Gasteiger partial charge in [0.05, 0.1) is 16.4 Å². The predicted molar refractivity (Wildman–Crippen MR) is 123 cm³/mol. The van der Waals surface area contributed by atoms with Crippen molar-refractivity contribution in [1.29, 1.82) is 0 Å². The first-order chi connectivity index (χ1) is 14.1. The third-order valence-electron chi connectivity index (χ3n) is 5.32. The van der Waals surface area contributed by atoms with Crippen LogP contribution in [0, 0.1) is 5.92 Å². The molecule has 3 rings (SSSR count). The second-order valence-corrected chi connectivity index (χ2v) is 8.20. The molecule has 0 radical (unpaired) electrons. The average Bonchev–Trinajstić information content (AvgIpc) is 3.12. The van der Waals surface area contributed by atoms with Gasteiger partial charge in [-0.1, -0.05) is 32.6 Å². The molecule has 0 spiro atoms. The Morgan fingerprint density at radius 3 is 3.00 bits per heavy atom. The predicted octanol–water partition coefficient (Wildman–Crippen LogP) is 5.06. The molecule has 2 N–H and O–H groups in total. The molecule has 1 fully saturated rings. The number of piperidine rings is 1. The Balaban J connectivity index is 1.92. The van der Waals surface area contributed by atoms with Gasteiger partial charge in [-0.3, -0.25) is 0 Å². The normalized spacial score (nSPS) is 18.9. The molecular weight excluding hydrogens is 430 g/mol. The third kappa shape index (κ3) is 5.08. The summed E-state index contributed by atoms with van der Waals surface area (Å²) in [5.74, 6) is 1.62. The maximum Gasteiger partial charge on any atom is 0.172 e. The Morgan fingerprint density at radius 2 is 2.28 bits per heavy atom. The number of aromatic nitrogens is 3. The van der Waals surface area contributed by atoms with E-state index in [4.69, 9.17) is 4.98 Å². The molecule has 0 aromatic carbocycles. The fraction of sp³-hybridized carbons (Fsp3) is 0.455. The van der Waals surface area contributed by atoms with E-state index in [2.05, 4.69) is 44.7 Å². The number of likely N-dealkylation sites (tertiary alicyclic amines) is 1. The summed E-state index contributed by atoms with van der Waals surface area (Å²) in [5.41, 5.74) is 1.96. The van der Waals surface area contributed by atoms with Crippen molar-refractivity contribution in [2.75, 3.05) is 31.5 Å². The molecule has 7 heteroatoms. The van der Waals surface area contributed by atoms with E-state index in [1.807, 2.05) is 19.1 Å². The van der Waals surface area contributed by atoms with Gasteiger partial charge >= 0.3 is 0 Å². The highest BCUT2D eigenvalue weighted by Crippen LogP contribution is 2.26. The summed E-state index contributed by atoms with van der Waals surface area (Å²) in [6.07, 6.45) is 10.3. The van der Waals surface area contributed by atoms with E-state index in [0.29, 0.717) is 22.8 Å². The SMILES string of the molecule is C=C/C(=C(O)\C=C/CC)c1cc(NCC2CCCN(CC)C2)n2ncc(Br)c2n1. The molecule has 156 valence electrons. The molecule has 0 amide bonds. The van der Waals surface area contributed by atoms with Gasteiger partial charge in [0, 0.05) is 24.7 Å². The molecule has 1 atom stereocenters. The summed E-state index contributed by atoms with van der Waals surface area (Å²) in [6.45, 7) is 12.4.